The van der Waals surface area contributed by atoms with E-state index >= 15 is 0 Å². The van der Waals surface area contributed by atoms with E-state index in [0.29, 0.717) is 12.8 Å². The van der Waals surface area contributed by atoms with Gasteiger partial charge in [0.05, 0.1) is 0 Å². The quantitative estimate of drug-likeness (QED) is 0.113. The molecule has 0 aromatic rings. The average Bonchev–Trinajstić information content (AvgIpc) is 2.52. The van der Waals surface area contributed by atoms with Crippen LogP contribution in [0.3, 0.4) is 0 Å². The Morgan fingerprint density at radius 1 is 0.583 bits per heavy atom. The van der Waals surface area contributed by atoms with Gasteiger partial charge in [0.2, 0.25) is 23.7 Å². The molecular weight excluding hydrogens is 312 g/mol. The van der Waals surface area contributed by atoms with E-state index in [9.17, 15) is 9.59 Å². The number of unbranched alkanes of at least 4 members (excludes halogenated alkanes) is 7. The first-order valence-electron chi connectivity index (χ1n) is 8.16. The van der Waals surface area contributed by atoms with E-state index in [2.05, 4.69) is 21.1 Å². The molecule has 2 amide bonds. The molecule has 0 bridgehead atoms. The smallest absolute Gasteiger partial charge is 0.240 e. The average molecular weight is 342 g/mol. The molecule has 0 aromatic carbocycles. The highest BCUT2D eigenvalue weighted by Gasteiger charge is 2.01. The highest BCUT2D eigenvalue weighted by atomic mass is 16.2. The monoisotopic (exact) mass is 342 g/mol. The molecule has 0 saturated carbocycles. The van der Waals surface area contributed by atoms with E-state index in [1.165, 1.54) is 0 Å². The first-order valence-corrected chi connectivity index (χ1v) is 8.16. The normalized spacial score (nSPS) is 9.83. The molecule has 138 valence electrons. The number of nitrogens with zero attached hydrogens (tertiary/aromatic N) is 2. The lowest BCUT2D eigenvalue weighted by Gasteiger charge is -2.03. The van der Waals surface area contributed by atoms with Gasteiger partial charge in [-0.1, -0.05) is 38.5 Å². The second-order valence-corrected chi connectivity index (χ2v) is 5.47. The predicted molar refractivity (Wildman–Crippen MR) is 94.1 cm³/mol. The number of rotatable bonds is 13. The zero-order valence-corrected chi connectivity index (χ0v) is 14.1. The van der Waals surface area contributed by atoms with Gasteiger partial charge in [-0.15, -0.1) is 10.2 Å². The van der Waals surface area contributed by atoms with Crippen molar-refractivity contribution in [3.63, 3.8) is 0 Å². The van der Waals surface area contributed by atoms with Gasteiger partial charge in [-0.2, -0.15) is 0 Å². The van der Waals surface area contributed by atoms with Crippen LogP contribution in [-0.4, -0.2) is 23.7 Å². The summed E-state index contributed by atoms with van der Waals surface area (Å²) in [5.74, 6) is -0.668. The standard InChI is InChI=1S/C14H30N8O2/c15-13(16)21-19-11(23)9-7-5-3-1-2-4-6-8-10-12(24)20-22-14(17)18/h1-10H2,(H,19,23)(H,20,24)(H4,15,16,21)(H4,17,18,22). The fourth-order valence-electron chi connectivity index (χ4n) is 2.00. The van der Waals surface area contributed by atoms with Crippen molar-refractivity contribution in [2.24, 2.45) is 33.1 Å². The van der Waals surface area contributed by atoms with Crippen LogP contribution < -0.4 is 33.8 Å². The lowest BCUT2D eigenvalue weighted by Crippen LogP contribution is -2.28. The van der Waals surface area contributed by atoms with Crippen molar-refractivity contribution in [1.29, 1.82) is 0 Å². The van der Waals surface area contributed by atoms with E-state index < -0.39 is 0 Å². The zero-order valence-electron chi connectivity index (χ0n) is 14.1. The molecule has 0 unspecified atom stereocenters. The first kappa shape index (κ1) is 21.5. The molecule has 0 heterocycles. The van der Waals surface area contributed by atoms with Gasteiger partial charge in [-0.25, -0.2) is 10.9 Å². The molecule has 10 N–H and O–H groups in total. The molecule has 0 atom stereocenters. The molecule has 10 heteroatoms. The number of nitrogens with two attached hydrogens (primary N) is 4. The Bertz CT molecular complexity index is 388. The third kappa shape index (κ3) is 15.9. The van der Waals surface area contributed by atoms with Gasteiger partial charge in [-0.3, -0.25) is 9.59 Å². The van der Waals surface area contributed by atoms with Crippen molar-refractivity contribution in [2.45, 2.75) is 64.2 Å². The first-order chi connectivity index (χ1) is 11.4. The van der Waals surface area contributed by atoms with Crippen LogP contribution in [0.1, 0.15) is 64.2 Å². The molecule has 10 nitrogen and oxygen atoms in total. The summed E-state index contributed by atoms with van der Waals surface area (Å²) in [5, 5.41) is 6.88. The van der Waals surface area contributed by atoms with Crippen LogP contribution in [0, 0.1) is 0 Å². The summed E-state index contributed by atoms with van der Waals surface area (Å²) in [6.07, 6.45) is 8.87. The minimum atomic E-state index is -0.178. The second kappa shape index (κ2) is 14.1. The van der Waals surface area contributed by atoms with Gasteiger partial charge in [0, 0.05) is 12.8 Å². The number of amides is 2. The highest BCUT2D eigenvalue weighted by Crippen LogP contribution is 2.10. The third-order valence-electron chi connectivity index (χ3n) is 3.18. The number of hydrazone groups is 2. The van der Waals surface area contributed by atoms with Crippen LogP contribution in [-0.2, 0) is 9.59 Å². The lowest BCUT2D eigenvalue weighted by atomic mass is 10.1. The van der Waals surface area contributed by atoms with Gasteiger partial charge < -0.3 is 22.9 Å². The van der Waals surface area contributed by atoms with E-state index in [-0.39, 0.29) is 23.7 Å². The number of hydrogen-bond acceptors (Lipinski definition) is 4. The van der Waals surface area contributed by atoms with Crippen molar-refractivity contribution in [3.05, 3.63) is 0 Å². The van der Waals surface area contributed by atoms with Crippen molar-refractivity contribution in [3.8, 4) is 0 Å². The largest absolute Gasteiger partial charge is 0.369 e. The Morgan fingerprint density at radius 2 is 0.875 bits per heavy atom. The van der Waals surface area contributed by atoms with Crippen molar-refractivity contribution < 1.29 is 9.59 Å². The van der Waals surface area contributed by atoms with Gasteiger partial charge in [-0.05, 0) is 12.8 Å². The topological polar surface area (TPSA) is 187 Å². The van der Waals surface area contributed by atoms with Crippen molar-refractivity contribution in [2.75, 3.05) is 0 Å². The lowest BCUT2D eigenvalue weighted by molar-refractivity contribution is -0.122. The fraction of sp³-hybridized carbons (Fsp3) is 0.714. The molecule has 0 aliphatic heterocycles. The molecule has 0 fully saturated rings. The van der Waals surface area contributed by atoms with Crippen LogP contribution in [0.2, 0.25) is 0 Å². The zero-order chi connectivity index (χ0) is 18.2. The minimum Gasteiger partial charge on any atom is -0.369 e. The number of carbonyl (C=O) groups is 2. The molecule has 0 radical (unpaired) electrons. The SMILES string of the molecule is NC(N)=NNC(=O)CCCCCCCCCCC(=O)NN=C(N)N. The molecule has 0 aliphatic carbocycles. The van der Waals surface area contributed by atoms with Gasteiger partial charge in [0.15, 0.2) is 0 Å². The summed E-state index contributed by atoms with van der Waals surface area (Å²) in [4.78, 5) is 22.6. The summed E-state index contributed by atoms with van der Waals surface area (Å²) in [7, 11) is 0. The Balaban J connectivity index is 3.34. The number of guanidine groups is 2. The van der Waals surface area contributed by atoms with Crippen LogP contribution in [0.25, 0.3) is 0 Å². The molecule has 0 rings (SSSR count). The summed E-state index contributed by atoms with van der Waals surface area (Å²) < 4.78 is 0. The third-order valence-corrected chi connectivity index (χ3v) is 3.18. The molecule has 0 aromatic heterocycles. The van der Waals surface area contributed by atoms with E-state index in [4.69, 9.17) is 22.9 Å². The molecule has 0 saturated heterocycles. The van der Waals surface area contributed by atoms with E-state index in [1.54, 1.807) is 0 Å². The maximum atomic E-state index is 11.3. The maximum Gasteiger partial charge on any atom is 0.240 e. The van der Waals surface area contributed by atoms with E-state index in [0.717, 1.165) is 51.4 Å². The van der Waals surface area contributed by atoms with Crippen LogP contribution in [0.5, 0.6) is 0 Å². The van der Waals surface area contributed by atoms with Crippen molar-refractivity contribution >= 4 is 23.7 Å². The van der Waals surface area contributed by atoms with Crippen LogP contribution >= 0.6 is 0 Å². The number of nitrogens with one attached hydrogen (secondary N) is 2. The molecule has 24 heavy (non-hydrogen) atoms. The van der Waals surface area contributed by atoms with Crippen LogP contribution in [0.15, 0.2) is 10.2 Å². The summed E-state index contributed by atoms with van der Waals surface area (Å²) in [5.41, 5.74) is 25.0. The Labute approximate surface area is 142 Å². The fourth-order valence-corrected chi connectivity index (χ4v) is 2.00. The Hall–Kier alpha value is -2.52. The maximum absolute atomic E-state index is 11.3. The second-order valence-electron chi connectivity index (χ2n) is 5.47. The highest BCUT2D eigenvalue weighted by molar-refractivity contribution is 5.81. The number of carbonyl (C=O) groups excluding carboxylic acids is 2. The van der Waals surface area contributed by atoms with Crippen LogP contribution in [0.4, 0.5) is 0 Å². The molecular formula is C14H30N8O2. The summed E-state index contributed by atoms with van der Waals surface area (Å²) in [6, 6.07) is 0. The van der Waals surface area contributed by atoms with Gasteiger partial charge in [0.25, 0.3) is 0 Å². The van der Waals surface area contributed by atoms with E-state index in [1.807, 2.05) is 0 Å². The predicted octanol–water partition coefficient (Wildman–Crippen LogP) is -0.503. The summed E-state index contributed by atoms with van der Waals surface area (Å²) >= 11 is 0. The van der Waals surface area contributed by atoms with Gasteiger partial charge in [0.1, 0.15) is 0 Å². The number of hydrogen-bond donors (Lipinski definition) is 6. The Morgan fingerprint density at radius 3 is 1.17 bits per heavy atom. The Kier molecular flexibility index (Phi) is 12.6. The van der Waals surface area contributed by atoms with Gasteiger partial charge >= 0.3 is 0 Å². The molecule has 0 aliphatic rings. The van der Waals surface area contributed by atoms with Crippen molar-refractivity contribution in [1.82, 2.24) is 10.9 Å². The minimum absolute atomic E-state index is 0.155. The molecule has 0 spiro atoms. The summed E-state index contributed by atoms with van der Waals surface area (Å²) in [6.45, 7) is 0.